The van der Waals surface area contributed by atoms with Gasteiger partial charge in [-0.3, -0.25) is 14.4 Å². The number of hydrogen-bond acceptors (Lipinski definition) is 4. The lowest BCUT2D eigenvalue weighted by molar-refractivity contribution is -0.137. The average Bonchev–Trinajstić information content (AvgIpc) is 2.71. The highest BCUT2D eigenvalue weighted by molar-refractivity contribution is 6.05. The highest BCUT2D eigenvalue weighted by Gasteiger charge is 2.27. The van der Waals surface area contributed by atoms with Crippen molar-refractivity contribution >= 4 is 22.6 Å². The second-order valence-electron chi connectivity index (χ2n) is 6.02. The summed E-state index contributed by atoms with van der Waals surface area (Å²) in [7, 11) is 0. The highest BCUT2D eigenvalue weighted by atomic mass is 19.4. The Balaban J connectivity index is 1.90. The number of aromatic nitrogens is 2. The lowest BCUT2D eigenvalue weighted by atomic mass is 10.1. The zero-order chi connectivity index (χ0) is 21.0. The minimum absolute atomic E-state index is 0.132. The Morgan fingerprint density at radius 2 is 1.55 bits per heavy atom. The van der Waals surface area contributed by atoms with Crippen molar-refractivity contribution in [2.24, 2.45) is 0 Å². The van der Waals surface area contributed by atoms with Gasteiger partial charge in [-0.15, -0.1) is 0 Å². The molecule has 1 aromatic heterocycles. The molecular formula is C19H15F3N4O3. The third-order valence-electron chi connectivity index (χ3n) is 3.92. The second-order valence-corrected chi connectivity index (χ2v) is 6.02. The minimum atomic E-state index is -4.55. The van der Waals surface area contributed by atoms with Gasteiger partial charge in [0.05, 0.1) is 17.6 Å². The second kappa shape index (κ2) is 8.13. The number of benzene rings is 2. The molecule has 0 bridgehead atoms. The van der Waals surface area contributed by atoms with Crippen LogP contribution in [0.15, 0.2) is 59.4 Å². The van der Waals surface area contributed by atoms with E-state index in [2.05, 4.69) is 10.4 Å². The van der Waals surface area contributed by atoms with Crippen LogP contribution in [0.5, 0.6) is 0 Å². The number of nitrogens with one attached hydrogen (secondary N) is 2. The predicted octanol–water partition coefficient (Wildman–Crippen LogP) is 1.79. The Bertz CT molecular complexity index is 1110. The first-order valence-corrected chi connectivity index (χ1v) is 8.45. The molecule has 0 aliphatic carbocycles. The molecule has 0 aliphatic heterocycles. The van der Waals surface area contributed by atoms with E-state index in [9.17, 15) is 27.6 Å². The lowest BCUT2D eigenvalue weighted by Gasteiger charge is -2.12. The fraction of sp³-hybridized carbons (Fsp3) is 0.158. The third-order valence-corrected chi connectivity index (χ3v) is 3.92. The van der Waals surface area contributed by atoms with Gasteiger partial charge in [0.1, 0.15) is 6.54 Å². The van der Waals surface area contributed by atoms with Crippen LogP contribution >= 0.6 is 0 Å². The molecule has 29 heavy (non-hydrogen) atoms. The summed E-state index contributed by atoms with van der Waals surface area (Å²) >= 11 is 0. The van der Waals surface area contributed by atoms with Crippen molar-refractivity contribution in [1.29, 1.82) is 0 Å². The van der Waals surface area contributed by atoms with E-state index in [0.29, 0.717) is 5.69 Å². The number of para-hydroxylation sites is 1. The quantitative estimate of drug-likeness (QED) is 0.678. The van der Waals surface area contributed by atoms with Gasteiger partial charge < -0.3 is 10.6 Å². The number of carbonyl (C=O) groups excluding carboxylic acids is 2. The molecule has 0 saturated carbocycles. The SMILES string of the molecule is O=C(CNC(=O)c1nn(-c2ccccc2)c(=O)c2ccccc12)NCC(F)(F)F. The van der Waals surface area contributed by atoms with Crippen LogP contribution < -0.4 is 16.2 Å². The smallest absolute Gasteiger partial charge is 0.345 e. The molecule has 0 radical (unpaired) electrons. The average molecular weight is 404 g/mol. The molecule has 2 aromatic carbocycles. The Morgan fingerprint density at radius 3 is 2.21 bits per heavy atom. The van der Waals surface area contributed by atoms with Gasteiger partial charge >= 0.3 is 6.18 Å². The van der Waals surface area contributed by atoms with E-state index in [1.54, 1.807) is 47.8 Å². The summed E-state index contributed by atoms with van der Waals surface area (Å²) in [6, 6.07) is 14.7. The lowest BCUT2D eigenvalue weighted by Crippen LogP contribution is -2.41. The molecule has 2 N–H and O–H groups in total. The largest absolute Gasteiger partial charge is 0.405 e. The predicted molar refractivity (Wildman–Crippen MR) is 98.7 cm³/mol. The number of halogens is 3. The van der Waals surface area contributed by atoms with Crippen LogP contribution in [0.1, 0.15) is 10.5 Å². The van der Waals surface area contributed by atoms with Crippen molar-refractivity contribution in [3.8, 4) is 5.69 Å². The number of alkyl halides is 3. The molecule has 0 aliphatic rings. The summed E-state index contributed by atoms with van der Waals surface area (Å²) in [6.45, 7) is -2.17. The number of carbonyl (C=O) groups is 2. The normalized spacial score (nSPS) is 11.3. The van der Waals surface area contributed by atoms with Gasteiger partial charge in [0, 0.05) is 5.39 Å². The van der Waals surface area contributed by atoms with Crippen LogP contribution in [-0.4, -0.2) is 40.9 Å². The van der Waals surface area contributed by atoms with E-state index >= 15 is 0 Å². The fourth-order valence-corrected chi connectivity index (χ4v) is 2.61. The molecule has 2 amide bonds. The molecule has 0 unspecified atom stereocenters. The van der Waals surface area contributed by atoms with E-state index < -0.39 is 36.6 Å². The molecule has 0 saturated heterocycles. The number of rotatable bonds is 5. The number of fused-ring (bicyclic) bond motifs is 1. The monoisotopic (exact) mass is 404 g/mol. The van der Waals surface area contributed by atoms with E-state index in [1.165, 1.54) is 12.1 Å². The first kappa shape index (κ1) is 20.1. The Kier molecular flexibility index (Phi) is 5.62. The van der Waals surface area contributed by atoms with E-state index in [-0.39, 0.29) is 16.5 Å². The molecule has 10 heteroatoms. The summed E-state index contributed by atoms with van der Waals surface area (Å²) < 4.78 is 37.5. The summed E-state index contributed by atoms with van der Waals surface area (Å²) in [6.07, 6.45) is -4.55. The summed E-state index contributed by atoms with van der Waals surface area (Å²) in [5.41, 5.74) is -0.140. The third kappa shape index (κ3) is 4.78. The first-order chi connectivity index (χ1) is 13.8. The number of hydrogen-bond donors (Lipinski definition) is 2. The van der Waals surface area contributed by atoms with Crippen molar-refractivity contribution in [3.63, 3.8) is 0 Å². The van der Waals surface area contributed by atoms with Crippen molar-refractivity contribution in [2.45, 2.75) is 6.18 Å². The van der Waals surface area contributed by atoms with Gasteiger partial charge in [0.25, 0.3) is 11.5 Å². The van der Waals surface area contributed by atoms with Crippen LogP contribution in [0.3, 0.4) is 0 Å². The molecular weight excluding hydrogens is 389 g/mol. The van der Waals surface area contributed by atoms with E-state index in [4.69, 9.17) is 0 Å². The highest BCUT2D eigenvalue weighted by Crippen LogP contribution is 2.15. The van der Waals surface area contributed by atoms with Gasteiger partial charge in [-0.2, -0.15) is 23.0 Å². The number of amides is 2. The molecule has 3 aromatic rings. The molecule has 0 fully saturated rings. The van der Waals surface area contributed by atoms with E-state index in [1.807, 2.05) is 0 Å². The van der Waals surface area contributed by atoms with Crippen LogP contribution in [0, 0.1) is 0 Å². The molecule has 0 spiro atoms. The van der Waals surface area contributed by atoms with Crippen LogP contribution in [0.2, 0.25) is 0 Å². The van der Waals surface area contributed by atoms with Crippen LogP contribution in [0.4, 0.5) is 13.2 Å². The zero-order valence-corrected chi connectivity index (χ0v) is 14.9. The Morgan fingerprint density at radius 1 is 0.931 bits per heavy atom. The zero-order valence-electron chi connectivity index (χ0n) is 14.9. The van der Waals surface area contributed by atoms with Crippen molar-refractivity contribution in [2.75, 3.05) is 13.1 Å². The topological polar surface area (TPSA) is 93.1 Å². The van der Waals surface area contributed by atoms with Crippen molar-refractivity contribution < 1.29 is 22.8 Å². The van der Waals surface area contributed by atoms with Crippen LogP contribution in [-0.2, 0) is 4.79 Å². The van der Waals surface area contributed by atoms with Gasteiger partial charge in [-0.05, 0) is 18.2 Å². The number of nitrogens with zero attached hydrogens (tertiary/aromatic N) is 2. The molecule has 150 valence electrons. The summed E-state index contributed by atoms with van der Waals surface area (Å²) in [5.74, 6) is -1.80. The van der Waals surface area contributed by atoms with Crippen molar-refractivity contribution in [3.05, 3.63) is 70.6 Å². The Labute approximate surface area is 162 Å². The molecule has 7 nitrogen and oxygen atoms in total. The van der Waals surface area contributed by atoms with Gasteiger partial charge in [-0.1, -0.05) is 36.4 Å². The van der Waals surface area contributed by atoms with Gasteiger partial charge in [-0.25, -0.2) is 0 Å². The van der Waals surface area contributed by atoms with Crippen molar-refractivity contribution in [1.82, 2.24) is 20.4 Å². The minimum Gasteiger partial charge on any atom is -0.345 e. The van der Waals surface area contributed by atoms with Crippen LogP contribution in [0.25, 0.3) is 16.5 Å². The van der Waals surface area contributed by atoms with E-state index in [0.717, 1.165) is 4.68 Å². The molecule has 3 rings (SSSR count). The van der Waals surface area contributed by atoms with Gasteiger partial charge in [0.15, 0.2) is 5.69 Å². The molecule has 1 heterocycles. The maximum atomic E-state index is 12.7. The fourth-order valence-electron chi connectivity index (χ4n) is 2.61. The first-order valence-electron chi connectivity index (χ1n) is 8.45. The maximum absolute atomic E-state index is 12.7. The standard InChI is InChI=1S/C19H15F3N4O3/c20-19(21,22)11-24-15(27)10-23-17(28)16-13-8-4-5-9-14(13)18(29)26(25-16)12-6-2-1-3-7-12/h1-9H,10-11H2,(H,23,28)(H,24,27). The van der Waals surface area contributed by atoms with Gasteiger partial charge in [0.2, 0.25) is 5.91 Å². The molecule has 0 atom stereocenters. The Hall–Kier alpha value is -3.69. The summed E-state index contributed by atoms with van der Waals surface area (Å²) in [5, 5.41) is 8.50. The summed E-state index contributed by atoms with van der Waals surface area (Å²) in [4.78, 5) is 36.8. The maximum Gasteiger partial charge on any atom is 0.405 e.